The lowest BCUT2D eigenvalue weighted by molar-refractivity contribution is 0.106. The summed E-state index contributed by atoms with van der Waals surface area (Å²) in [6, 6.07) is 7.07. The van der Waals surface area contributed by atoms with E-state index < -0.39 is 9.84 Å². The Morgan fingerprint density at radius 1 is 1.33 bits per heavy atom. The molecule has 0 aliphatic carbocycles. The topological polar surface area (TPSA) is 49.9 Å². The van der Waals surface area contributed by atoms with Gasteiger partial charge in [-0.25, -0.2) is 8.42 Å². The van der Waals surface area contributed by atoms with Crippen LogP contribution < -0.4 is 4.74 Å². The summed E-state index contributed by atoms with van der Waals surface area (Å²) in [5.41, 5.74) is 0. The Morgan fingerprint density at radius 3 is 2.76 bits per heavy atom. The number of methoxy groups -OCH3 is 1. The standard InChI is InChI=1S/C15H24N2O3S/c1-13-12-16(2)7-8-17(13)9-10-21(18,19)15-6-4-5-14(11-15)20-3/h4-6,11,13H,7-10,12H2,1-3H3. The Kier molecular flexibility index (Phi) is 5.24. The number of hydrogen-bond donors (Lipinski definition) is 0. The highest BCUT2D eigenvalue weighted by Crippen LogP contribution is 2.19. The van der Waals surface area contributed by atoms with E-state index in [-0.39, 0.29) is 5.75 Å². The maximum Gasteiger partial charge on any atom is 0.179 e. The van der Waals surface area contributed by atoms with Crippen molar-refractivity contribution in [2.24, 2.45) is 0 Å². The van der Waals surface area contributed by atoms with Crippen LogP contribution >= 0.6 is 0 Å². The minimum Gasteiger partial charge on any atom is -0.497 e. The van der Waals surface area contributed by atoms with E-state index in [0.717, 1.165) is 19.6 Å². The minimum absolute atomic E-state index is 0.147. The predicted octanol–water partition coefficient (Wildman–Crippen LogP) is 1.10. The molecule has 1 fully saturated rings. The zero-order valence-corrected chi connectivity index (χ0v) is 13.8. The molecule has 21 heavy (non-hydrogen) atoms. The third-order valence-electron chi connectivity index (χ3n) is 4.02. The lowest BCUT2D eigenvalue weighted by Crippen LogP contribution is -2.51. The average molecular weight is 312 g/mol. The first kappa shape index (κ1) is 16.3. The average Bonchev–Trinajstić information content (AvgIpc) is 2.46. The Bertz CT molecular complexity index is 574. The molecule has 0 radical (unpaired) electrons. The third kappa shape index (κ3) is 4.18. The third-order valence-corrected chi connectivity index (χ3v) is 5.71. The SMILES string of the molecule is COc1cccc(S(=O)(=O)CCN2CCN(C)CC2C)c1. The van der Waals surface area contributed by atoms with Gasteiger partial charge in [-0.3, -0.25) is 4.90 Å². The maximum atomic E-state index is 12.4. The molecule has 6 heteroatoms. The van der Waals surface area contributed by atoms with Gasteiger partial charge in [-0.2, -0.15) is 0 Å². The summed E-state index contributed by atoms with van der Waals surface area (Å²) in [5, 5.41) is 0. The summed E-state index contributed by atoms with van der Waals surface area (Å²) in [5.74, 6) is 0.720. The van der Waals surface area contributed by atoms with Gasteiger partial charge in [0, 0.05) is 32.2 Å². The van der Waals surface area contributed by atoms with Gasteiger partial charge >= 0.3 is 0 Å². The Balaban J connectivity index is 2.01. The molecule has 1 unspecified atom stereocenters. The van der Waals surface area contributed by atoms with Gasteiger partial charge in [-0.15, -0.1) is 0 Å². The van der Waals surface area contributed by atoms with E-state index in [1.54, 1.807) is 24.3 Å². The van der Waals surface area contributed by atoms with Gasteiger partial charge in [0.1, 0.15) is 5.75 Å². The second-order valence-electron chi connectivity index (χ2n) is 5.65. The molecule has 1 saturated heterocycles. The van der Waals surface area contributed by atoms with Gasteiger partial charge in [0.05, 0.1) is 17.8 Å². The van der Waals surface area contributed by atoms with E-state index in [9.17, 15) is 8.42 Å². The van der Waals surface area contributed by atoms with Crippen LogP contribution in [0, 0.1) is 0 Å². The molecule has 0 aromatic heterocycles. The Morgan fingerprint density at radius 2 is 2.10 bits per heavy atom. The quantitative estimate of drug-likeness (QED) is 0.815. The normalized spacial score (nSPS) is 21.4. The fourth-order valence-electron chi connectivity index (χ4n) is 2.66. The smallest absolute Gasteiger partial charge is 0.179 e. The van der Waals surface area contributed by atoms with Gasteiger partial charge in [-0.1, -0.05) is 6.07 Å². The Hall–Kier alpha value is -1.11. The van der Waals surface area contributed by atoms with Gasteiger partial charge in [0.2, 0.25) is 0 Å². The fraction of sp³-hybridized carbons (Fsp3) is 0.600. The van der Waals surface area contributed by atoms with Gasteiger partial charge < -0.3 is 9.64 Å². The number of rotatable bonds is 5. The molecule has 1 heterocycles. The molecule has 0 amide bonds. The monoisotopic (exact) mass is 312 g/mol. The number of hydrogen-bond acceptors (Lipinski definition) is 5. The maximum absolute atomic E-state index is 12.4. The molecule has 1 aliphatic rings. The largest absolute Gasteiger partial charge is 0.497 e. The highest BCUT2D eigenvalue weighted by atomic mass is 32.2. The first-order valence-corrected chi connectivity index (χ1v) is 8.87. The summed E-state index contributed by atoms with van der Waals surface area (Å²) in [6.07, 6.45) is 0. The molecule has 0 N–H and O–H groups in total. The number of benzene rings is 1. The highest BCUT2D eigenvalue weighted by Gasteiger charge is 2.24. The van der Waals surface area contributed by atoms with Crippen LogP contribution in [-0.2, 0) is 9.84 Å². The fourth-order valence-corrected chi connectivity index (χ4v) is 3.95. The van der Waals surface area contributed by atoms with Crippen LogP contribution in [0.2, 0.25) is 0 Å². The molecule has 1 aliphatic heterocycles. The zero-order chi connectivity index (χ0) is 15.5. The molecule has 1 aromatic carbocycles. The lowest BCUT2D eigenvalue weighted by Gasteiger charge is -2.38. The predicted molar refractivity (Wildman–Crippen MR) is 83.6 cm³/mol. The van der Waals surface area contributed by atoms with E-state index >= 15 is 0 Å². The van der Waals surface area contributed by atoms with Crippen molar-refractivity contribution in [3.05, 3.63) is 24.3 Å². The van der Waals surface area contributed by atoms with Crippen LogP contribution in [0.4, 0.5) is 0 Å². The van der Waals surface area contributed by atoms with Crippen molar-refractivity contribution in [3.8, 4) is 5.75 Å². The Labute approximate surface area is 127 Å². The summed E-state index contributed by atoms with van der Waals surface area (Å²) in [7, 11) is 0.373. The summed E-state index contributed by atoms with van der Waals surface area (Å²) in [4.78, 5) is 4.86. The van der Waals surface area contributed by atoms with Gasteiger partial charge in [-0.05, 0) is 32.2 Å². The summed E-state index contributed by atoms with van der Waals surface area (Å²) in [6.45, 7) is 5.62. The van der Waals surface area contributed by atoms with Crippen molar-refractivity contribution in [1.29, 1.82) is 0 Å². The van der Waals surface area contributed by atoms with Crippen LogP contribution in [0.1, 0.15) is 6.92 Å². The van der Waals surface area contributed by atoms with Crippen LogP contribution in [0.5, 0.6) is 5.75 Å². The van der Waals surface area contributed by atoms with E-state index in [1.165, 1.54) is 7.11 Å². The number of likely N-dealkylation sites (N-methyl/N-ethyl adjacent to an activating group) is 1. The number of sulfone groups is 1. The van der Waals surface area contributed by atoms with Gasteiger partial charge in [0.15, 0.2) is 9.84 Å². The first-order chi connectivity index (χ1) is 9.92. The molecular weight excluding hydrogens is 288 g/mol. The second-order valence-corrected chi connectivity index (χ2v) is 7.75. The molecule has 0 saturated carbocycles. The highest BCUT2D eigenvalue weighted by molar-refractivity contribution is 7.91. The van der Waals surface area contributed by atoms with Crippen molar-refractivity contribution in [1.82, 2.24) is 9.80 Å². The zero-order valence-electron chi connectivity index (χ0n) is 12.9. The van der Waals surface area contributed by atoms with Crippen LogP contribution in [0.25, 0.3) is 0 Å². The summed E-state index contributed by atoms with van der Waals surface area (Å²) < 4.78 is 29.9. The van der Waals surface area contributed by atoms with Crippen LogP contribution in [0.15, 0.2) is 29.2 Å². The van der Waals surface area contributed by atoms with Crippen LogP contribution in [0.3, 0.4) is 0 Å². The van der Waals surface area contributed by atoms with Crippen molar-refractivity contribution >= 4 is 9.84 Å². The minimum atomic E-state index is -3.26. The van der Waals surface area contributed by atoms with Crippen molar-refractivity contribution < 1.29 is 13.2 Å². The number of nitrogens with zero attached hydrogens (tertiary/aromatic N) is 2. The molecule has 0 spiro atoms. The van der Waals surface area contributed by atoms with Crippen LogP contribution in [-0.4, -0.2) is 70.3 Å². The lowest BCUT2D eigenvalue weighted by atomic mass is 10.2. The molecule has 118 valence electrons. The van der Waals surface area contributed by atoms with E-state index in [0.29, 0.717) is 23.2 Å². The van der Waals surface area contributed by atoms with E-state index in [2.05, 4.69) is 23.8 Å². The molecule has 0 bridgehead atoms. The molecule has 2 rings (SSSR count). The second kappa shape index (κ2) is 6.77. The number of ether oxygens (including phenoxy) is 1. The van der Waals surface area contributed by atoms with Crippen molar-refractivity contribution in [2.75, 3.05) is 46.1 Å². The van der Waals surface area contributed by atoms with E-state index in [1.807, 2.05) is 0 Å². The summed E-state index contributed by atoms with van der Waals surface area (Å²) >= 11 is 0. The molecular formula is C15H24N2O3S. The van der Waals surface area contributed by atoms with Gasteiger partial charge in [0.25, 0.3) is 0 Å². The number of piperazine rings is 1. The molecule has 1 atom stereocenters. The first-order valence-electron chi connectivity index (χ1n) is 7.22. The van der Waals surface area contributed by atoms with Crippen molar-refractivity contribution in [3.63, 3.8) is 0 Å². The molecule has 5 nitrogen and oxygen atoms in total. The van der Waals surface area contributed by atoms with E-state index in [4.69, 9.17) is 4.74 Å². The molecule has 1 aromatic rings. The van der Waals surface area contributed by atoms with Crippen molar-refractivity contribution in [2.45, 2.75) is 17.9 Å².